The maximum absolute atomic E-state index is 12.5. The molecule has 8 heteroatoms. The van der Waals surface area contributed by atoms with E-state index < -0.39 is 23.9 Å². The zero-order chi connectivity index (χ0) is 17.0. The van der Waals surface area contributed by atoms with Crippen molar-refractivity contribution in [3.63, 3.8) is 0 Å². The number of nitrogens with one attached hydrogen (secondary N) is 1. The number of hydrogen-bond donors (Lipinski definition) is 1. The number of piperidine rings is 1. The van der Waals surface area contributed by atoms with E-state index in [2.05, 4.69) is 5.32 Å². The number of carbonyl (C=O) groups excluding carboxylic acids is 2. The van der Waals surface area contributed by atoms with Crippen molar-refractivity contribution < 1.29 is 22.8 Å². The molecular weight excluding hydrogens is 311 g/mol. The fraction of sp³-hybridized carbons (Fsp3) is 0.400. The van der Waals surface area contributed by atoms with Gasteiger partial charge in [0, 0.05) is 13.1 Å². The predicted molar refractivity (Wildman–Crippen MR) is 75.1 cm³/mol. The molecule has 1 atom stereocenters. The highest BCUT2D eigenvalue weighted by atomic mass is 19.4. The summed E-state index contributed by atoms with van der Waals surface area (Å²) >= 11 is 0. The van der Waals surface area contributed by atoms with Gasteiger partial charge in [0.05, 0.1) is 17.2 Å². The predicted octanol–water partition coefficient (Wildman–Crippen LogP) is 2.30. The van der Waals surface area contributed by atoms with Gasteiger partial charge in [0.1, 0.15) is 6.07 Å². The Labute approximate surface area is 130 Å². The normalized spacial score (nSPS) is 18.2. The van der Waals surface area contributed by atoms with Gasteiger partial charge in [-0.05, 0) is 25.0 Å². The summed E-state index contributed by atoms with van der Waals surface area (Å²) in [4.78, 5) is 24.1. The number of nitrogens with zero attached hydrogens (tertiary/aromatic N) is 2. The van der Waals surface area contributed by atoms with Crippen molar-refractivity contribution in [2.24, 2.45) is 5.92 Å². The first-order valence-corrected chi connectivity index (χ1v) is 6.99. The maximum Gasteiger partial charge on any atom is 0.471 e. The molecule has 0 aromatic heterocycles. The summed E-state index contributed by atoms with van der Waals surface area (Å²) in [6.07, 6.45) is -4.23. The topological polar surface area (TPSA) is 73.2 Å². The minimum atomic E-state index is -4.94. The molecule has 1 fully saturated rings. The zero-order valence-corrected chi connectivity index (χ0v) is 12.1. The third-order valence-electron chi connectivity index (χ3n) is 3.63. The first-order valence-electron chi connectivity index (χ1n) is 6.99. The summed E-state index contributed by atoms with van der Waals surface area (Å²) in [6, 6.07) is 8.26. The van der Waals surface area contributed by atoms with E-state index in [0.29, 0.717) is 23.4 Å². The summed E-state index contributed by atoms with van der Waals surface area (Å²) in [5.41, 5.74) is 0.569. The lowest BCUT2D eigenvalue weighted by Gasteiger charge is -2.32. The lowest BCUT2D eigenvalue weighted by Crippen LogP contribution is -2.48. The number of amides is 2. The monoisotopic (exact) mass is 325 g/mol. The number of anilines is 1. The van der Waals surface area contributed by atoms with Gasteiger partial charge < -0.3 is 10.2 Å². The lowest BCUT2D eigenvalue weighted by atomic mass is 9.96. The Morgan fingerprint density at radius 1 is 1.30 bits per heavy atom. The van der Waals surface area contributed by atoms with Gasteiger partial charge in [0.25, 0.3) is 0 Å². The van der Waals surface area contributed by atoms with Crippen molar-refractivity contribution in [2.75, 3.05) is 18.4 Å². The van der Waals surface area contributed by atoms with E-state index in [1.807, 2.05) is 6.07 Å². The second kappa shape index (κ2) is 6.69. The van der Waals surface area contributed by atoms with Crippen LogP contribution in [-0.4, -0.2) is 36.0 Å². The van der Waals surface area contributed by atoms with Crippen molar-refractivity contribution in [3.05, 3.63) is 29.8 Å². The van der Waals surface area contributed by atoms with Crippen LogP contribution in [0.2, 0.25) is 0 Å². The van der Waals surface area contributed by atoms with E-state index in [0.717, 1.165) is 0 Å². The molecule has 1 aromatic carbocycles. The highest BCUT2D eigenvalue weighted by Gasteiger charge is 2.44. The number of para-hydroxylation sites is 1. The Morgan fingerprint density at radius 2 is 2.00 bits per heavy atom. The quantitative estimate of drug-likeness (QED) is 0.907. The lowest BCUT2D eigenvalue weighted by molar-refractivity contribution is -0.187. The Bertz CT molecular complexity index is 652. The molecule has 1 heterocycles. The van der Waals surface area contributed by atoms with Crippen LogP contribution in [0.15, 0.2) is 24.3 Å². The smallest absolute Gasteiger partial charge is 0.334 e. The summed E-state index contributed by atoms with van der Waals surface area (Å²) in [6.45, 7) is -0.296. The molecule has 5 nitrogen and oxygen atoms in total. The molecule has 1 saturated heterocycles. The van der Waals surface area contributed by atoms with Gasteiger partial charge >= 0.3 is 12.1 Å². The highest BCUT2D eigenvalue weighted by Crippen LogP contribution is 2.25. The number of nitriles is 1. The van der Waals surface area contributed by atoms with Crippen molar-refractivity contribution >= 4 is 17.5 Å². The summed E-state index contributed by atoms with van der Waals surface area (Å²) in [7, 11) is 0. The van der Waals surface area contributed by atoms with Gasteiger partial charge in [0.15, 0.2) is 0 Å². The van der Waals surface area contributed by atoms with Crippen LogP contribution in [0, 0.1) is 17.2 Å². The summed E-state index contributed by atoms with van der Waals surface area (Å²) in [5, 5.41) is 11.5. The van der Waals surface area contributed by atoms with E-state index in [9.17, 15) is 22.8 Å². The number of benzene rings is 1. The Kier molecular flexibility index (Phi) is 4.89. The minimum absolute atomic E-state index is 0.0170. The molecule has 0 aliphatic carbocycles. The molecular formula is C15H14F3N3O2. The Morgan fingerprint density at radius 3 is 2.65 bits per heavy atom. The third-order valence-corrected chi connectivity index (χ3v) is 3.63. The molecule has 2 amide bonds. The van der Waals surface area contributed by atoms with Gasteiger partial charge in [-0.15, -0.1) is 0 Å². The molecule has 1 aliphatic rings. The number of halogens is 3. The molecule has 122 valence electrons. The van der Waals surface area contributed by atoms with Gasteiger partial charge in [-0.1, -0.05) is 12.1 Å². The minimum Gasteiger partial charge on any atom is -0.334 e. The molecule has 1 unspecified atom stereocenters. The number of rotatable bonds is 2. The SMILES string of the molecule is N#Cc1ccccc1NC(=O)C1CCCN(C(=O)C(F)(F)F)C1. The first kappa shape index (κ1) is 16.8. The molecule has 0 radical (unpaired) electrons. The van der Waals surface area contributed by atoms with Gasteiger partial charge in [0.2, 0.25) is 5.91 Å². The fourth-order valence-electron chi connectivity index (χ4n) is 2.48. The van der Waals surface area contributed by atoms with E-state index in [-0.39, 0.29) is 18.7 Å². The number of hydrogen-bond acceptors (Lipinski definition) is 3. The van der Waals surface area contributed by atoms with Crippen LogP contribution >= 0.6 is 0 Å². The van der Waals surface area contributed by atoms with Crippen LogP contribution in [0.3, 0.4) is 0 Å². The van der Waals surface area contributed by atoms with Crippen molar-refractivity contribution in [3.8, 4) is 6.07 Å². The Balaban J connectivity index is 2.05. The molecule has 0 bridgehead atoms. The number of alkyl halides is 3. The summed E-state index contributed by atoms with van der Waals surface area (Å²) in [5.74, 6) is -3.15. The molecule has 0 saturated carbocycles. The Hall–Kier alpha value is -2.56. The van der Waals surface area contributed by atoms with E-state index in [1.165, 1.54) is 12.1 Å². The van der Waals surface area contributed by atoms with Gasteiger partial charge in [-0.25, -0.2) is 0 Å². The average molecular weight is 325 g/mol. The van der Waals surface area contributed by atoms with Crippen LogP contribution in [0.4, 0.5) is 18.9 Å². The largest absolute Gasteiger partial charge is 0.471 e. The fourth-order valence-corrected chi connectivity index (χ4v) is 2.48. The van der Waals surface area contributed by atoms with Gasteiger partial charge in [-0.2, -0.15) is 18.4 Å². The molecule has 2 rings (SSSR count). The number of likely N-dealkylation sites (tertiary alicyclic amines) is 1. The van der Waals surface area contributed by atoms with Crippen LogP contribution in [0.1, 0.15) is 18.4 Å². The van der Waals surface area contributed by atoms with Crippen LogP contribution in [-0.2, 0) is 9.59 Å². The first-order chi connectivity index (χ1) is 10.8. The van der Waals surface area contributed by atoms with Crippen LogP contribution < -0.4 is 5.32 Å². The van der Waals surface area contributed by atoms with Gasteiger partial charge in [-0.3, -0.25) is 9.59 Å². The molecule has 1 aromatic rings. The molecule has 1 aliphatic heterocycles. The van der Waals surface area contributed by atoms with Crippen LogP contribution in [0.5, 0.6) is 0 Å². The third kappa shape index (κ3) is 4.00. The zero-order valence-electron chi connectivity index (χ0n) is 12.1. The second-order valence-electron chi connectivity index (χ2n) is 5.23. The average Bonchev–Trinajstić information content (AvgIpc) is 2.54. The highest BCUT2D eigenvalue weighted by molar-refractivity contribution is 5.94. The van der Waals surface area contributed by atoms with E-state index >= 15 is 0 Å². The maximum atomic E-state index is 12.5. The number of carbonyl (C=O) groups is 2. The van der Waals surface area contributed by atoms with E-state index in [4.69, 9.17) is 5.26 Å². The van der Waals surface area contributed by atoms with Crippen LogP contribution in [0.25, 0.3) is 0 Å². The standard InChI is InChI=1S/C15H14F3N3O2/c16-15(17,18)14(23)21-7-3-5-11(9-21)13(22)20-12-6-2-1-4-10(12)8-19/h1-2,4,6,11H,3,5,7,9H2,(H,20,22). The summed E-state index contributed by atoms with van der Waals surface area (Å²) < 4.78 is 37.4. The van der Waals surface area contributed by atoms with Crippen molar-refractivity contribution in [1.29, 1.82) is 5.26 Å². The van der Waals surface area contributed by atoms with Crippen molar-refractivity contribution in [2.45, 2.75) is 19.0 Å². The molecule has 1 N–H and O–H groups in total. The van der Waals surface area contributed by atoms with Crippen molar-refractivity contribution in [1.82, 2.24) is 4.90 Å². The van der Waals surface area contributed by atoms with E-state index in [1.54, 1.807) is 12.1 Å². The molecule has 23 heavy (non-hydrogen) atoms. The molecule has 0 spiro atoms. The second-order valence-corrected chi connectivity index (χ2v) is 5.23.